The Balaban J connectivity index is 1.96. The number of hydrogen-bond donors (Lipinski definition) is 1. The molecule has 5 heteroatoms. The van der Waals surface area contributed by atoms with Crippen LogP contribution in [0.5, 0.6) is 0 Å². The van der Waals surface area contributed by atoms with Gasteiger partial charge in [0.05, 0.1) is 12.9 Å². The maximum atomic E-state index is 10.6. The zero-order chi connectivity index (χ0) is 12.6. The average Bonchev–Trinajstić information content (AvgIpc) is 2.97. The minimum atomic E-state index is -0.950. The molecule has 3 rings (SSSR count). The minimum Gasteiger partial charge on any atom is -0.384 e. The quantitative estimate of drug-likeness (QED) is 0.756. The lowest BCUT2D eigenvalue weighted by Crippen LogP contribution is -2.27. The van der Waals surface area contributed by atoms with Crippen molar-refractivity contribution >= 4 is 5.65 Å². The lowest BCUT2D eigenvalue weighted by atomic mass is 9.97. The summed E-state index contributed by atoms with van der Waals surface area (Å²) in [4.78, 5) is 8.20. The molecule has 5 nitrogen and oxygen atoms in total. The smallest absolute Gasteiger partial charge is 0.137 e. The van der Waals surface area contributed by atoms with Crippen molar-refractivity contribution in [3.63, 3.8) is 0 Å². The predicted molar refractivity (Wildman–Crippen MR) is 67.0 cm³/mol. The second kappa shape index (κ2) is 3.96. The van der Waals surface area contributed by atoms with Crippen molar-refractivity contribution in [3.05, 3.63) is 55.0 Å². The van der Waals surface area contributed by atoms with E-state index in [1.165, 1.54) is 0 Å². The van der Waals surface area contributed by atoms with Gasteiger partial charge in [-0.15, -0.1) is 0 Å². The molecule has 3 aromatic heterocycles. The van der Waals surface area contributed by atoms with Gasteiger partial charge in [-0.25, -0.2) is 9.97 Å². The van der Waals surface area contributed by atoms with Gasteiger partial charge in [-0.2, -0.15) is 0 Å². The summed E-state index contributed by atoms with van der Waals surface area (Å²) < 4.78 is 3.77. The molecule has 0 aliphatic heterocycles. The monoisotopic (exact) mass is 242 g/mol. The summed E-state index contributed by atoms with van der Waals surface area (Å²) in [6.07, 6.45) is 10.8. The molecular formula is C13H14N4O. The Morgan fingerprint density at radius 2 is 2.17 bits per heavy atom. The molecule has 3 heterocycles. The largest absolute Gasteiger partial charge is 0.384 e. The molecule has 1 N–H and O–H groups in total. The highest BCUT2D eigenvalue weighted by molar-refractivity contribution is 5.42. The normalized spacial score (nSPS) is 14.8. The van der Waals surface area contributed by atoms with E-state index in [1.807, 2.05) is 39.7 Å². The fraction of sp³-hybridized carbons (Fsp3) is 0.231. The first kappa shape index (κ1) is 11.0. The fourth-order valence-electron chi connectivity index (χ4n) is 2.07. The molecule has 0 aromatic carbocycles. The molecule has 0 fully saturated rings. The number of aromatic nitrogens is 4. The molecule has 0 saturated carbocycles. The van der Waals surface area contributed by atoms with Crippen molar-refractivity contribution in [2.24, 2.45) is 0 Å². The maximum Gasteiger partial charge on any atom is 0.137 e. The van der Waals surface area contributed by atoms with Gasteiger partial charge in [0.1, 0.15) is 11.2 Å². The average molecular weight is 242 g/mol. The molecule has 0 radical (unpaired) electrons. The number of aliphatic hydroxyl groups is 1. The van der Waals surface area contributed by atoms with E-state index in [4.69, 9.17) is 0 Å². The Morgan fingerprint density at radius 3 is 2.94 bits per heavy atom. The highest BCUT2D eigenvalue weighted by atomic mass is 16.3. The summed E-state index contributed by atoms with van der Waals surface area (Å²) in [5.74, 6) is 0. The number of pyridine rings is 1. The Morgan fingerprint density at radius 1 is 1.28 bits per heavy atom. The van der Waals surface area contributed by atoms with E-state index in [0.717, 1.165) is 11.2 Å². The van der Waals surface area contributed by atoms with Crippen molar-refractivity contribution in [1.29, 1.82) is 0 Å². The molecule has 0 amide bonds. The zero-order valence-electron chi connectivity index (χ0n) is 10.1. The first-order valence-electron chi connectivity index (χ1n) is 5.76. The highest BCUT2D eigenvalue weighted by Gasteiger charge is 2.24. The Kier molecular flexibility index (Phi) is 2.41. The van der Waals surface area contributed by atoms with Crippen LogP contribution in [0.25, 0.3) is 5.65 Å². The number of rotatable bonds is 3. The topological polar surface area (TPSA) is 55.3 Å². The maximum absolute atomic E-state index is 10.6. The molecule has 0 aliphatic carbocycles. The third kappa shape index (κ3) is 1.89. The number of imidazole rings is 2. The van der Waals surface area contributed by atoms with Crippen molar-refractivity contribution in [2.45, 2.75) is 19.1 Å². The first-order chi connectivity index (χ1) is 8.65. The molecule has 18 heavy (non-hydrogen) atoms. The van der Waals surface area contributed by atoms with Crippen LogP contribution >= 0.6 is 0 Å². The summed E-state index contributed by atoms with van der Waals surface area (Å²) in [6.45, 7) is 2.26. The lowest BCUT2D eigenvalue weighted by Gasteiger charge is -2.24. The molecule has 3 aromatic rings. The molecular weight excluding hydrogens is 228 g/mol. The number of hydrogen-bond acceptors (Lipinski definition) is 3. The second-order valence-electron chi connectivity index (χ2n) is 4.62. The molecule has 0 saturated heterocycles. The molecule has 0 aliphatic rings. The van der Waals surface area contributed by atoms with Crippen molar-refractivity contribution in [1.82, 2.24) is 18.9 Å². The standard InChI is InChI=1S/C13H14N4O/c1-13(18,9-16-6-3-14-10-16)11-2-5-17-7-4-15-12(17)8-11/h2-8,10,18H,9H2,1H3. The van der Waals surface area contributed by atoms with Gasteiger partial charge in [-0.05, 0) is 24.6 Å². The van der Waals surface area contributed by atoms with E-state index in [1.54, 1.807) is 25.6 Å². The zero-order valence-corrected chi connectivity index (χ0v) is 10.1. The highest BCUT2D eigenvalue weighted by Crippen LogP contribution is 2.23. The Bertz CT molecular complexity index is 655. The summed E-state index contributed by atoms with van der Waals surface area (Å²) >= 11 is 0. The van der Waals surface area contributed by atoms with Crippen LogP contribution in [0.3, 0.4) is 0 Å². The van der Waals surface area contributed by atoms with Crippen LogP contribution in [0, 0.1) is 0 Å². The van der Waals surface area contributed by atoms with Gasteiger partial charge in [-0.3, -0.25) is 0 Å². The number of nitrogens with zero attached hydrogens (tertiary/aromatic N) is 4. The predicted octanol–water partition coefficient (Wildman–Crippen LogP) is 1.44. The van der Waals surface area contributed by atoms with Crippen LogP contribution in [0.1, 0.15) is 12.5 Å². The van der Waals surface area contributed by atoms with Crippen LogP contribution in [-0.4, -0.2) is 24.0 Å². The van der Waals surface area contributed by atoms with E-state index in [9.17, 15) is 5.11 Å². The van der Waals surface area contributed by atoms with Gasteiger partial charge >= 0.3 is 0 Å². The van der Waals surface area contributed by atoms with E-state index >= 15 is 0 Å². The second-order valence-corrected chi connectivity index (χ2v) is 4.62. The lowest BCUT2D eigenvalue weighted by molar-refractivity contribution is 0.0382. The van der Waals surface area contributed by atoms with Crippen LogP contribution in [-0.2, 0) is 12.1 Å². The summed E-state index contributed by atoms with van der Waals surface area (Å²) in [6, 6.07) is 3.81. The molecule has 0 spiro atoms. The van der Waals surface area contributed by atoms with E-state index in [-0.39, 0.29) is 0 Å². The minimum absolute atomic E-state index is 0.462. The Hall–Kier alpha value is -2.14. The van der Waals surface area contributed by atoms with E-state index < -0.39 is 5.60 Å². The summed E-state index contributed by atoms with van der Waals surface area (Å²) in [7, 11) is 0. The van der Waals surface area contributed by atoms with Gasteiger partial charge in [0.15, 0.2) is 0 Å². The number of fused-ring (bicyclic) bond motifs is 1. The fourth-order valence-corrected chi connectivity index (χ4v) is 2.07. The van der Waals surface area contributed by atoms with Crippen LogP contribution in [0.15, 0.2) is 49.4 Å². The van der Waals surface area contributed by atoms with Crippen LogP contribution < -0.4 is 0 Å². The third-order valence-corrected chi connectivity index (χ3v) is 3.07. The van der Waals surface area contributed by atoms with Crippen molar-refractivity contribution in [3.8, 4) is 0 Å². The molecule has 92 valence electrons. The summed E-state index contributed by atoms with van der Waals surface area (Å²) in [5.41, 5.74) is 0.724. The van der Waals surface area contributed by atoms with Crippen LogP contribution in [0.2, 0.25) is 0 Å². The summed E-state index contributed by atoms with van der Waals surface area (Å²) in [5, 5.41) is 10.6. The van der Waals surface area contributed by atoms with Crippen molar-refractivity contribution in [2.75, 3.05) is 0 Å². The van der Waals surface area contributed by atoms with Gasteiger partial charge in [0.2, 0.25) is 0 Å². The first-order valence-corrected chi connectivity index (χ1v) is 5.76. The molecule has 1 atom stereocenters. The third-order valence-electron chi connectivity index (χ3n) is 3.07. The van der Waals surface area contributed by atoms with E-state index in [2.05, 4.69) is 9.97 Å². The van der Waals surface area contributed by atoms with Crippen LogP contribution in [0.4, 0.5) is 0 Å². The van der Waals surface area contributed by atoms with Gasteiger partial charge in [0, 0.05) is 31.0 Å². The van der Waals surface area contributed by atoms with Gasteiger partial charge in [0.25, 0.3) is 0 Å². The molecule has 0 bridgehead atoms. The van der Waals surface area contributed by atoms with Gasteiger partial charge in [-0.1, -0.05) is 0 Å². The van der Waals surface area contributed by atoms with Crippen molar-refractivity contribution < 1.29 is 5.11 Å². The van der Waals surface area contributed by atoms with Gasteiger partial charge < -0.3 is 14.1 Å². The van der Waals surface area contributed by atoms with E-state index in [0.29, 0.717) is 6.54 Å². The molecule has 1 unspecified atom stereocenters. The Labute approximate surface area is 104 Å². The SMILES string of the molecule is CC(O)(Cn1ccnc1)c1ccn2ccnc2c1.